The molecule has 24 heavy (non-hydrogen) atoms. The number of benzene rings is 2. The molecule has 0 aliphatic heterocycles. The minimum Gasteiger partial charge on any atom is -0.477 e. The minimum atomic E-state index is -1.29. The number of aromatic nitrogens is 1. The summed E-state index contributed by atoms with van der Waals surface area (Å²) in [6, 6.07) is 10.8. The minimum absolute atomic E-state index is 0.0632. The van der Waals surface area contributed by atoms with Gasteiger partial charge in [0.15, 0.2) is 5.13 Å². The van der Waals surface area contributed by atoms with Crippen LogP contribution in [0.2, 0.25) is 0 Å². The molecule has 0 atom stereocenters. The van der Waals surface area contributed by atoms with Crippen LogP contribution in [0.25, 0.3) is 10.2 Å². The fourth-order valence-corrected chi connectivity index (χ4v) is 2.70. The highest BCUT2D eigenvalue weighted by Crippen LogP contribution is 2.24. The number of rotatable bonds is 3. The van der Waals surface area contributed by atoms with Crippen LogP contribution in [0.15, 0.2) is 42.5 Å². The van der Waals surface area contributed by atoms with E-state index in [1.807, 2.05) is 18.2 Å². The molecule has 0 aliphatic carbocycles. The first-order valence-electron chi connectivity index (χ1n) is 6.65. The third-order valence-corrected chi connectivity index (χ3v) is 3.83. The zero-order valence-electron chi connectivity index (χ0n) is 12.2. The molecular weight excluding hydrogens is 334 g/mol. The summed E-state index contributed by atoms with van der Waals surface area (Å²) in [7, 11) is 0. The lowest BCUT2D eigenvalue weighted by Crippen LogP contribution is -2.01. The number of nitro benzene ring substituents is 1. The number of carbonyl (C=O) groups is 1. The quantitative estimate of drug-likeness (QED) is 0.488. The van der Waals surface area contributed by atoms with Crippen molar-refractivity contribution in [3.05, 3.63) is 63.7 Å². The van der Waals surface area contributed by atoms with Gasteiger partial charge in [-0.05, 0) is 23.8 Å². The third-order valence-electron chi connectivity index (χ3n) is 2.98. The largest absolute Gasteiger partial charge is 0.477 e. The van der Waals surface area contributed by atoms with E-state index in [4.69, 9.17) is 15.9 Å². The van der Waals surface area contributed by atoms with Crippen molar-refractivity contribution in [2.24, 2.45) is 0 Å². The van der Waals surface area contributed by atoms with E-state index in [0.29, 0.717) is 5.13 Å². The summed E-state index contributed by atoms with van der Waals surface area (Å²) in [5.74, 6) is -1.29. The topological polar surface area (TPSA) is 140 Å². The number of carboxylic acid groups (broad SMARTS) is 1. The summed E-state index contributed by atoms with van der Waals surface area (Å²) in [6.45, 7) is 0.0632. The number of nitrogen functional groups attached to an aromatic ring is 1. The second kappa shape index (κ2) is 7.49. The molecule has 3 aromatic rings. The predicted molar refractivity (Wildman–Crippen MR) is 90.0 cm³/mol. The first-order valence-corrected chi connectivity index (χ1v) is 7.46. The van der Waals surface area contributed by atoms with Crippen molar-refractivity contribution >= 4 is 38.3 Å². The maximum atomic E-state index is 10.4. The number of nitrogens with two attached hydrogens (primary N) is 1. The number of hydrogen-bond acceptors (Lipinski definition) is 7. The van der Waals surface area contributed by atoms with Crippen LogP contribution in [0.3, 0.4) is 0 Å². The molecule has 0 saturated carbocycles. The lowest BCUT2D eigenvalue weighted by atomic mass is 10.2. The van der Waals surface area contributed by atoms with Gasteiger partial charge in [0.1, 0.15) is 5.56 Å². The number of thiazole rings is 1. The molecule has 0 bridgehead atoms. The zero-order valence-corrected chi connectivity index (χ0v) is 13.1. The fourth-order valence-electron chi connectivity index (χ4n) is 1.90. The van der Waals surface area contributed by atoms with Crippen LogP contribution < -0.4 is 5.73 Å². The molecule has 124 valence electrons. The molecule has 8 nitrogen and oxygen atoms in total. The van der Waals surface area contributed by atoms with Gasteiger partial charge in [0, 0.05) is 6.07 Å². The molecule has 0 saturated heterocycles. The molecule has 1 aromatic heterocycles. The van der Waals surface area contributed by atoms with Crippen molar-refractivity contribution in [3.8, 4) is 0 Å². The molecule has 0 unspecified atom stereocenters. The maximum Gasteiger partial charge on any atom is 0.342 e. The van der Waals surface area contributed by atoms with Gasteiger partial charge in [0.25, 0.3) is 5.69 Å². The number of aromatic carboxylic acids is 1. The van der Waals surface area contributed by atoms with Gasteiger partial charge in [0.2, 0.25) is 0 Å². The van der Waals surface area contributed by atoms with Crippen LogP contribution in [0.1, 0.15) is 15.9 Å². The second-order valence-corrected chi connectivity index (χ2v) is 5.65. The third kappa shape index (κ3) is 4.03. The van der Waals surface area contributed by atoms with Crippen molar-refractivity contribution in [2.75, 3.05) is 5.73 Å². The Labute approximate surface area is 140 Å². The van der Waals surface area contributed by atoms with Gasteiger partial charge in [-0.2, -0.15) is 0 Å². The number of nitrogens with zero attached hydrogens (tertiary/aromatic N) is 2. The molecule has 9 heteroatoms. The van der Waals surface area contributed by atoms with E-state index < -0.39 is 10.9 Å². The summed E-state index contributed by atoms with van der Waals surface area (Å²) >= 11 is 1.44. The highest BCUT2D eigenvalue weighted by atomic mass is 32.1. The molecule has 0 radical (unpaired) electrons. The van der Waals surface area contributed by atoms with E-state index in [-0.39, 0.29) is 17.9 Å². The van der Waals surface area contributed by atoms with Crippen molar-refractivity contribution in [2.45, 2.75) is 6.61 Å². The number of anilines is 1. The van der Waals surface area contributed by atoms with Crippen LogP contribution in [-0.2, 0) is 6.61 Å². The predicted octanol–water partition coefficient (Wildman–Crippen LogP) is 2.66. The van der Waals surface area contributed by atoms with Crippen LogP contribution in [0.5, 0.6) is 0 Å². The van der Waals surface area contributed by atoms with Crippen molar-refractivity contribution in [3.63, 3.8) is 0 Å². The van der Waals surface area contributed by atoms with Gasteiger partial charge < -0.3 is 15.9 Å². The Bertz CT molecular complexity index is 861. The van der Waals surface area contributed by atoms with E-state index in [1.165, 1.54) is 29.5 Å². The van der Waals surface area contributed by atoms with Crippen molar-refractivity contribution in [1.29, 1.82) is 0 Å². The first kappa shape index (κ1) is 17.3. The number of para-hydroxylation sites is 1. The molecule has 0 spiro atoms. The number of nitro groups is 1. The smallest absolute Gasteiger partial charge is 0.342 e. The van der Waals surface area contributed by atoms with E-state index in [2.05, 4.69) is 4.98 Å². The Morgan fingerprint density at radius 3 is 2.58 bits per heavy atom. The molecular formula is C15H13N3O5S. The van der Waals surface area contributed by atoms with Gasteiger partial charge in [-0.25, -0.2) is 9.78 Å². The van der Waals surface area contributed by atoms with Gasteiger partial charge in [-0.3, -0.25) is 10.1 Å². The highest BCUT2D eigenvalue weighted by molar-refractivity contribution is 7.22. The van der Waals surface area contributed by atoms with Gasteiger partial charge in [-0.15, -0.1) is 0 Å². The van der Waals surface area contributed by atoms with Crippen LogP contribution >= 0.6 is 11.3 Å². The molecule has 0 aliphatic rings. The maximum absolute atomic E-state index is 10.4. The molecule has 2 aromatic carbocycles. The Hall–Kier alpha value is -3.04. The lowest BCUT2D eigenvalue weighted by molar-refractivity contribution is -0.385. The average molecular weight is 347 g/mol. The van der Waals surface area contributed by atoms with Crippen molar-refractivity contribution < 1.29 is 19.9 Å². The summed E-state index contributed by atoms with van der Waals surface area (Å²) in [5.41, 5.74) is 6.65. The molecule has 1 heterocycles. The second-order valence-electron chi connectivity index (χ2n) is 4.59. The van der Waals surface area contributed by atoms with Gasteiger partial charge in [-0.1, -0.05) is 29.5 Å². The summed E-state index contributed by atoms with van der Waals surface area (Å²) in [5, 5.41) is 28.2. The standard InChI is InChI=1S/C8H8N2OS.C7H5NO4/c9-8-10-6-2-1-5(4-11)3-7(6)12-8;9-7(10)5-3-1-2-4-6(5)8(11)12/h1-3,11H,4H2,(H2,9,10);1-4H,(H,9,10). The van der Waals surface area contributed by atoms with Crippen LogP contribution in [-0.4, -0.2) is 26.1 Å². The Balaban J connectivity index is 0.000000174. The normalized spacial score (nSPS) is 10.0. The Morgan fingerprint density at radius 1 is 1.29 bits per heavy atom. The molecule has 4 N–H and O–H groups in total. The molecule has 3 rings (SSSR count). The summed E-state index contributed by atoms with van der Waals surface area (Å²) < 4.78 is 1.03. The number of fused-ring (bicyclic) bond motifs is 1. The monoisotopic (exact) mass is 347 g/mol. The number of carboxylic acids is 1. The average Bonchev–Trinajstić information content (AvgIpc) is 2.94. The van der Waals surface area contributed by atoms with E-state index >= 15 is 0 Å². The lowest BCUT2D eigenvalue weighted by Gasteiger charge is -1.94. The van der Waals surface area contributed by atoms with Gasteiger partial charge >= 0.3 is 5.97 Å². The van der Waals surface area contributed by atoms with Crippen molar-refractivity contribution in [1.82, 2.24) is 4.98 Å². The number of aliphatic hydroxyl groups is 1. The summed E-state index contributed by atoms with van der Waals surface area (Å²) in [6.07, 6.45) is 0. The molecule has 0 amide bonds. The SMILES string of the molecule is Nc1nc2ccc(CO)cc2s1.O=C(O)c1ccccc1[N+](=O)[O-]. The highest BCUT2D eigenvalue weighted by Gasteiger charge is 2.17. The van der Waals surface area contributed by atoms with Crippen LogP contribution in [0, 0.1) is 10.1 Å². The Morgan fingerprint density at radius 2 is 2.00 bits per heavy atom. The zero-order chi connectivity index (χ0) is 17.7. The van der Waals surface area contributed by atoms with E-state index in [0.717, 1.165) is 21.8 Å². The summed E-state index contributed by atoms with van der Waals surface area (Å²) in [4.78, 5) is 24.1. The number of hydrogen-bond donors (Lipinski definition) is 3. The fraction of sp³-hybridized carbons (Fsp3) is 0.0667. The molecule has 0 fully saturated rings. The Kier molecular flexibility index (Phi) is 5.40. The van der Waals surface area contributed by atoms with E-state index in [9.17, 15) is 14.9 Å². The first-order chi connectivity index (χ1) is 11.4. The van der Waals surface area contributed by atoms with Crippen LogP contribution in [0.4, 0.5) is 10.8 Å². The van der Waals surface area contributed by atoms with Gasteiger partial charge in [0.05, 0.1) is 21.7 Å². The number of aliphatic hydroxyl groups excluding tert-OH is 1. The van der Waals surface area contributed by atoms with E-state index in [1.54, 1.807) is 0 Å².